The standard InChI is InChI=1S/C19H23N3O4/c1-19(2,3)26-18(24)22-10-8-21(9-11-22)17(23)15-6-4-14(5-7-15)16-12-20-13-25-16/h4-7,12-13H,8-11H2,1-3H3. The van der Waals surface area contributed by atoms with Gasteiger partial charge in [-0.05, 0) is 32.9 Å². The van der Waals surface area contributed by atoms with Crippen LogP contribution in [0.25, 0.3) is 11.3 Å². The number of hydrogen-bond donors (Lipinski definition) is 0. The van der Waals surface area contributed by atoms with Gasteiger partial charge in [0.25, 0.3) is 5.91 Å². The second-order valence-corrected chi connectivity index (χ2v) is 7.20. The summed E-state index contributed by atoms with van der Waals surface area (Å²) in [6.07, 6.45) is 2.67. The molecule has 1 saturated heterocycles. The smallest absolute Gasteiger partial charge is 0.410 e. The first-order valence-electron chi connectivity index (χ1n) is 8.59. The van der Waals surface area contributed by atoms with Crippen LogP contribution in [0.2, 0.25) is 0 Å². The molecule has 0 bridgehead atoms. The van der Waals surface area contributed by atoms with Gasteiger partial charge in [-0.1, -0.05) is 12.1 Å². The molecule has 0 atom stereocenters. The summed E-state index contributed by atoms with van der Waals surface area (Å²) in [5.74, 6) is 0.618. The fourth-order valence-electron chi connectivity index (χ4n) is 2.74. The third kappa shape index (κ3) is 4.22. The summed E-state index contributed by atoms with van der Waals surface area (Å²) in [4.78, 5) is 32.0. The molecule has 1 fully saturated rings. The summed E-state index contributed by atoms with van der Waals surface area (Å²) in [6, 6.07) is 7.23. The quantitative estimate of drug-likeness (QED) is 0.826. The summed E-state index contributed by atoms with van der Waals surface area (Å²) in [5.41, 5.74) is 0.961. The Morgan fingerprint density at radius 2 is 1.65 bits per heavy atom. The topological polar surface area (TPSA) is 75.9 Å². The van der Waals surface area contributed by atoms with Crippen LogP contribution in [0.5, 0.6) is 0 Å². The van der Waals surface area contributed by atoms with Gasteiger partial charge < -0.3 is 19.0 Å². The Hall–Kier alpha value is -2.83. The Bertz CT molecular complexity index is 755. The van der Waals surface area contributed by atoms with Crippen LogP contribution in [0.3, 0.4) is 0 Å². The van der Waals surface area contributed by atoms with Crippen LogP contribution in [0.1, 0.15) is 31.1 Å². The largest absolute Gasteiger partial charge is 0.444 e. The number of piperazine rings is 1. The Morgan fingerprint density at radius 3 is 2.19 bits per heavy atom. The number of carbonyl (C=O) groups excluding carboxylic acids is 2. The minimum absolute atomic E-state index is 0.0436. The second kappa shape index (κ2) is 7.19. The molecule has 0 aliphatic carbocycles. The molecule has 0 N–H and O–H groups in total. The Balaban J connectivity index is 1.57. The first-order chi connectivity index (χ1) is 12.3. The van der Waals surface area contributed by atoms with Crippen molar-refractivity contribution in [3.8, 4) is 11.3 Å². The molecule has 0 saturated carbocycles. The molecule has 1 aliphatic heterocycles. The van der Waals surface area contributed by atoms with E-state index in [4.69, 9.17) is 9.15 Å². The van der Waals surface area contributed by atoms with Crippen molar-refractivity contribution in [2.45, 2.75) is 26.4 Å². The fraction of sp³-hybridized carbons (Fsp3) is 0.421. The lowest BCUT2D eigenvalue weighted by Crippen LogP contribution is -2.51. The van der Waals surface area contributed by atoms with Gasteiger partial charge in [-0.25, -0.2) is 9.78 Å². The number of rotatable bonds is 2. The van der Waals surface area contributed by atoms with Gasteiger partial charge >= 0.3 is 6.09 Å². The lowest BCUT2D eigenvalue weighted by molar-refractivity contribution is 0.0141. The third-order valence-corrected chi connectivity index (χ3v) is 4.07. The maximum Gasteiger partial charge on any atom is 0.410 e. The summed E-state index contributed by atoms with van der Waals surface area (Å²) in [6.45, 7) is 7.44. The van der Waals surface area contributed by atoms with Crippen molar-refractivity contribution in [3.63, 3.8) is 0 Å². The number of carbonyl (C=O) groups is 2. The van der Waals surface area contributed by atoms with E-state index in [1.165, 1.54) is 6.39 Å². The third-order valence-electron chi connectivity index (χ3n) is 4.07. The van der Waals surface area contributed by atoms with E-state index in [9.17, 15) is 9.59 Å². The van der Waals surface area contributed by atoms with Crippen molar-refractivity contribution in [2.75, 3.05) is 26.2 Å². The van der Waals surface area contributed by atoms with Crippen molar-refractivity contribution in [3.05, 3.63) is 42.4 Å². The molecule has 1 aromatic heterocycles. The van der Waals surface area contributed by atoms with Crippen molar-refractivity contribution >= 4 is 12.0 Å². The van der Waals surface area contributed by atoms with Gasteiger partial charge in [-0.3, -0.25) is 4.79 Å². The highest BCUT2D eigenvalue weighted by Crippen LogP contribution is 2.20. The molecule has 138 valence electrons. The number of benzene rings is 1. The van der Waals surface area contributed by atoms with E-state index in [-0.39, 0.29) is 12.0 Å². The predicted octanol–water partition coefficient (Wildman–Crippen LogP) is 3.03. The molecule has 3 rings (SSSR count). The summed E-state index contributed by atoms with van der Waals surface area (Å²) >= 11 is 0. The molecule has 1 aromatic carbocycles. The molecule has 0 unspecified atom stereocenters. The first-order valence-corrected chi connectivity index (χ1v) is 8.59. The van der Waals surface area contributed by atoms with Crippen LogP contribution in [0.15, 0.2) is 41.3 Å². The van der Waals surface area contributed by atoms with Gasteiger partial charge in [0.2, 0.25) is 0 Å². The van der Waals surface area contributed by atoms with Crippen LogP contribution >= 0.6 is 0 Å². The first kappa shape index (κ1) is 18.0. The van der Waals surface area contributed by atoms with Crippen molar-refractivity contribution in [1.82, 2.24) is 14.8 Å². The average Bonchev–Trinajstić information content (AvgIpc) is 3.14. The SMILES string of the molecule is CC(C)(C)OC(=O)N1CCN(C(=O)c2ccc(-c3cnco3)cc2)CC1. The zero-order chi connectivity index (χ0) is 18.7. The number of oxazole rings is 1. The van der Waals surface area contributed by atoms with E-state index >= 15 is 0 Å². The van der Waals surface area contributed by atoms with Gasteiger partial charge in [0.15, 0.2) is 12.2 Å². The minimum Gasteiger partial charge on any atom is -0.444 e. The molecular weight excluding hydrogens is 334 g/mol. The second-order valence-electron chi connectivity index (χ2n) is 7.20. The lowest BCUT2D eigenvalue weighted by atomic mass is 10.1. The predicted molar refractivity (Wildman–Crippen MR) is 95.6 cm³/mol. The molecule has 2 amide bonds. The fourth-order valence-corrected chi connectivity index (χ4v) is 2.74. The van der Waals surface area contributed by atoms with E-state index < -0.39 is 5.60 Å². The Kier molecular flexibility index (Phi) is 4.97. The van der Waals surface area contributed by atoms with Gasteiger partial charge in [-0.15, -0.1) is 0 Å². The minimum atomic E-state index is -0.519. The van der Waals surface area contributed by atoms with Crippen molar-refractivity contribution < 1.29 is 18.7 Å². The average molecular weight is 357 g/mol. The van der Waals surface area contributed by atoms with E-state index in [1.54, 1.807) is 28.1 Å². The van der Waals surface area contributed by atoms with Crippen molar-refractivity contribution in [1.29, 1.82) is 0 Å². The summed E-state index contributed by atoms with van der Waals surface area (Å²) in [5, 5.41) is 0. The van der Waals surface area contributed by atoms with Gasteiger partial charge in [0.1, 0.15) is 5.60 Å². The van der Waals surface area contributed by atoms with E-state index in [1.807, 2.05) is 32.9 Å². The maximum absolute atomic E-state index is 12.7. The molecule has 7 nitrogen and oxygen atoms in total. The van der Waals surface area contributed by atoms with Gasteiger partial charge in [-0.2, -0.15) is 0 Å². The Labute approximate surface area is 152 Å². The van der Waals surface area contributed by atoms with Gasteiger partial charge in [0, 0.05) is 37.3 Å². The van der Waals surface area contributed by atoms with Gasteiger partial charge in [0.05, 0.1) is 6.20 Å². The molecule has 26 heavy (non-hydrogen) atoms. The number of ether oxygens (including phenoxy) is 1. The van der Waals surface area contributed by atoms with Crippen molar-refractivity contribution in [2.24, 2.45) is 0 Å². The Morgan fingerprint density at radius 1 is 1.04 bits per heavy atom. The molecule has 0 radical (unpaired) electrons. The zero-order valence-corrected chi connectivity index (χ0v) is 15.3. The van der Waals surface area contributed by atoms with Crippen LogP contribution in [-0.2, 0) is 4.74 Å². The number of amides is 2. The zero-order valence-electron chi connectivity index (χ0n) is 15.3. The van der Waals surface area contributed by atoms with E-state index in [2.05, 4.69) is 4.98 Å². The monoisotopic (exact) mass is 357 g/mol. The lowest BCUT2D eigenvalue weighted by Gasteiger charge is -2.35. The highest BCUT2D eigenvalue weighted by Gasteiger charge is 2.28. The molecule has 1 aliphatic rings. The molecule has 2 aromatic rings. The molecule has 2 heterocycles. The maximum atomic E-state index is 12.7. The summed E-state index contributed by atoms with van der Waals surface area (Å²) < 4.78 is 10.6. The van der Waals surface area contributed by atoms with Crippen LogP contribution in [0.4, 0.5) is 4.79 Å². The van der Waals surface area contributed by atoms with E-state index in [0.717, 1.165) is 5.56 Å². The number of nitrogens with zero attached hydrogens (tertiary/aromatic N) is 3. The normalized spacial score (nSPS) is 15.0. The molecule has 0 spiro atoms. The van der Waals surface area contributed by atoms with E-state index in [0.29, 0.717) is 37.5 Å². The highest BCUT2D eigenvalue weighted by atomic mass is 16.6. The number of hydrogen-bond acceptors (Lipinski definition) is 5. The summed E-state index contributed by atoms with van der Waals surface area (Å²) in [7, 11) is 0. The highest BCUT2D eigenvalue weighted by molar-refractivity contribution is 5.94. The van der Waals surface area contributed by atoms with Crippen LogP contribution in [0, 0.1) is 0 Å². The van der Waals surface area contributed by atoms with Crippen LogP contribution < -0.4 is 0 Å². The molecular formula is C19H23N3O4. The molecule has 7 heteroatoms. The number of aromatic nitrogens is 1. The van der Waals surface area contributed by atoms with Crippen LogP contribution in [-0.4, -0.2) is 58.6 Å².